The van der Waals surface area contributed by atoms with Gasteiger partial charge in [-0.2, -0.15) is 4.99 Å². The molecule has 0 saturated heterocycles. The topological polar surface area (TPSA) is 47.9 Å². The van der Waals surface area contributed by atoms with Crippen molar-refractivity contribution in [2.75, 3.05) is 13.2 Å². The second-order valence-corrected chi connectivity index (χ2v) is 7.13. The number of fused-ring (bicyclic) bond motifs is 1. The highest BCUT2D eigenvalue weighted by molar-refractivity contribution is 9.10. The lowest BCUT2D eigenvalue weighted by atomic mass is 9.69. The molecule has 1 fully saturated rings. The van der Waals surface area contributed by atoms with Gasteiger partial charge in [0.2, 0.25) is 6.08 Å². The van der Waals surface area contributed by atoms with Crippen molar-refractivity contribution in [3.05, 3.63) is 21.7 Å². The molecule has 0 spiro atoms. The summed E-state index contributed by atoms with van der Waals surface area (Å²) in [6.07, 6.45) is 5.49. The first kappa shape index (κ1) is 15.6. The van der Waals surface area contributed by atoms with Crippen LogP contribution in [0.25, 0.3) is 0 Å². The predicted octanol–water partition coefficient (Wildman–Crippen LogP) is 4.45. The summed E-state index contributed by atoms with van der Waals surface area (Å²) in [5.74, 6) is 1.84. The van der Waals surface area contributed by atoms with Crippen LogP contribution in [0.1, 0.15) is 56.6 Å². The third-order valence-corrected chi connectivity index (χ3v) is 5.12. The van der Waals surface area contributed by atoms with Crippen molar-refractivity contribution < 1.29 is 14.3 Å². The summed E-state index contributed by atoms with van der Waals surface area (Å²) in [5.41, 5.74) is 1.75. The number of hydrogen-bond acceptors (Lipinski definition) is 4. The molecule has 2 aliphatic rings. The van der Waals surface area contributed by atoms with Gasteiger partial charge in [-0.1, -0.05) is 13.8 Å². The van der Waals surface area contributed by atoms with E-state index in [4.69, 9.17) is 9.47 Å². The van der Waals surface area contributed by atoms with E-state index in [0.29, 0.717) is 13.2 Å². The maximum atomic E-state index is 10.9. The number of isocyanates is 1. The molecule has 1 heterocycles. The van der Waals surface area contributed by atoms with Crippen molar-refractivity contribution in [1.82, 2.24) is 0 Å². The van der Waals surface area contributed by atoms with Crippen LogP contribution in [0.5, 0.6) is 11.5 Å². The Morgan fingerprint density at radius 3 is 2.45 bits per heavy atom. The normalized spacial score (nSPS) is 19.1. The summed E-state index contributed by atoms with van der Waals surface area (Å²) >= 11 is 3.60. The van der Waals surface area contributed by atoms with Crippen LogP contribution in [-0.2, 0) is 10.3 Å². The Kier molecular flexibility index (Phi) is 4.28. The average Bonchev–Trinajstić information content (AvgIpc) is 2.68. The van der Waals surface area contributed by atoms with Gasteiger partial charge in [-0.25, -0.2) is 4.79 Å². The lowest BCUT2D eigenvalue weighted by Crippen LogP contribution is -2.33. The fraction of sp³-hybridized carbons (Fsp3) is 0.588. The minimum atomic E-state index is -0.436. The average molecular weight is 366 g/mol. The minimum absolute atomic E-state index is 0.262. The Balaban J connectivity index is 2.24. The molecule has 3 rings (SSSR count). The van der Waals surface area contributed by atoms with Gasteiger partial charge in [-0.3, -0.25) is 0 Å². The van der Waals surface area contributed by atoms with E-state index in [9.17, 15) is 4.79 Å². The zero-order chi connectivity index (χ0) is 15.7. The Hall–Kier alpha value is -1.32. The molecule has 0 aromatic heterocycles. The Morgan fingerprint density at radius 2 is 1.91 bits per heavy atom. The van der Waals surface area contributed by atoms with Crippen LogP contribution in [0.2, 0.25) is 0 Å². The molecule has 1 saturated carbocycles. The van der Waals surface area contributed by atoms with Gasteiger partial charge >= 0.3 is 0 Å². The van der Waals surface area contributed by atoms with Gasteiger partial charge in [-0.15, -0.1) is 0 Å². The van der Waals surface area contributed by atoms with E-state index in [1.807, 2.05) is 0 Å². The fourth-order valence-electron chi connectivity index (χ4n) is 3.31. The van der Waals surface area contributed by atoms with Crippen LogP contribution in [0.15, 0.2) is 15.5 Å². The molecule has 1 aromatic carbocycles. The van der Waals surface area contributed by atoms with Gasteiger partial charge in [0.05, 0.1) is 23.2 Å². The van der Waals surface area contributed by atoms with Crippen LogP contribution < -0.4 is 9.47 Å². The van der Waals surface area contributed by atoms with Crippen LogP contribution >= 0.6 is 15.9 Å². The molecule has 1 aromatic rings. The predicted molar refractivity (Wildman–Crippen MR) is 87.5 cm³/mol. The third kappa shape index (κ3) is 2.46. The highest BCUT2D eigenvalue weighted by Crippen LogP contribution is 2.53. The largest absolute Gasteiger partial charge is 0.489 e. The minimum Gasteiger partial charge on any atom is -0.489 e. The Morgan fingerprint density at radius 1 is 1.23 bits per heavy atom. The smallest absolute Gasteiger partial charge is 0.235 e. The molecule has 0 radical (unpaired) electrons. The van der Waals surface area contributed by atoms with Crippen molar-refractivity contribution >= 4 is 22.0 Å². The van der Waals surface area contributed by atoms with Crippen molar-refractivity contribution in [3.8, 4) is 11.5 Å². The van der Waals surface area contributed by atoms with Gasteiger partial charge in [-0.05, 0) is 52.7 Å². The number of aliphatic imine (C=N–C) groups is 1. The van der Waals surface area contributed by atoms with Crippen LogP contribution in [0, 0.1) is 0 Å². The summed E-state index contributed by atoms with van der Waals surface area (Å²) in [5, 5.41) is 0. The second-order valence-electron chi connectivity index (χ2n) is 6.27. The summed E-state index contributed by atoms with van der Waals surface area (Å²) in [6.45, 7) is 5.57. The molecule has 5 heteroatoms. The molecule has 1 aliphatic heterocycles. The Bertz CT molecular complexity index is 631. The zero-order valence-electron chi connectivity index (χ0n) is 12.9. The summed E-state index contributed by atoms with van der Waals surface area (Å²) < 4.78 is 12.8. The van der Waals surface area contributed by atoms with E-state index >= 15 is 0 Å². The highest BCUT2D eigenvalue weighted by Gasteiger charge is 2.42. The SMILES string of the molecule is CC(C)c1c(C2(N=C=O)CCC2)cc(Br)c2c1OCCCO2. The third-order valence-electron chi connectivity index (χ3n) is 4.53. The first-order chi connectivity index (χ1) is 10.6. The molecule has 4 nitrogen and oxygen atoms in total. The van der Waals surface area contributed by atoms with Gasteiger partial charge in [0.1, 0.15) is 0 Å². The molecular formula is C17H20BrNO3. The second kappa shape index (κ2) is 6.05. The van der Waals surface area contributed by atoms with Gasteiger partial charge in [0, 0.05) is 12.0 Å². The van der Waals surface area contributed by atoms with E-state index in [2.05, 4.69) is 40.8 Å². The molecule has 1 aliphatic carbocycles. The van der Waals surface area contributed by atoms with Gasteiger partial charge in [0.15, 0.2) is 11.5 Å². The quantitative estimate of drug-likeness (QED) is 0.587. The van der Waals surface area contributed by atoms with E-state index < -0.39 is 5.54 Å². The molecule has 0 atom stereocenters. The van der Waals surface area contributed by atoms with Crippen molar-refractivity contribution in [2.45, 2.75) is 51.0 Å². The summed E-state index contributed by atoms with van der Waals surface area (Å²) in [7, 11) is 0. The molecule has 0 unspecified atom stereocenters. The number of carbonyl (C=O) groups excluding carboxylic acids is 1. The maximum absolute atomic E-state index is 10.9. The van der Waals surface area contributed by atoms with Crippen molar-refractivity contribution in [2.24, 2.45) is 4.99 Å². The van der Waals surface area contributed by atoms with E-state index in [-0.39, 0.29) is 5.92 Å². The summed E-state index contributed by atoms with van der Waals surface area (Å²) in [6, 6.07) is 2.06. The lowest BCUT2D eigenvalue weighted by Gasteiger charge is -2.39. The number of hydrogen-bond donors (Lipinski definition) is 0. The standard InChI is InChI=1S/C17H20BrNO3/c1-11(2)14-12(17(19-10-20)5-3-6-17)9-13(18)15-16(14)22-8-4-7-21-15/h9,11H,3-8H2,1-2H3. The van der Waals surface area contributed by atoms with Crippen molar-refractivity contribution in [1.29, 1.82) is 0 Å². The van der Waals surface area contributed by atoms with E-state index in [1.165, 1.54) is 0 Å². The number of ether oxygens (including phenoxy) is 2. The number of benzene rings is 1. The van der Waals surface area contributed by atoms with Crippen LogP contribution in [0.3, 0.4) is 0 Å². The van der Waals surface area contributed by atoms with Gasteiger partial charge in [0.25, 0.3) is 0 Å². The van der Waals surface area contributed by atoms with E-state index in [1.54, 1.807) is 6.08 Å². The maximum Gasteiger partial charge on any atom is 0.235 e. The van der Waals surface area contributed by atoms with Crippen molar-refractivity contribution in [3.63, 3.8) is 0 Å². The first-order valence-corrected chi connectivity index (χ1v) is 8.60. The van der Waals surface area contributed by atoms with Gasteiger partial charge < -0.3 is 9.47 Å². The highest BCUT2D eigenvalue weighted by atomic mass is 79.9. The summed E-state index contributed by atoms with van der Waals surface area (Å²) in [4.78, 5) is 15.1. The van der Waals surface area contributed by atoms with Crippen LogP contribution in [0.4, 0.5) is 0 Å². The Labute approximate surface area is 139 Å². The molecular weight excluding hydrogens is 346 g/mol. The lowest BCUT2D eigenvalue weighted by molar-refractivity contribution is 0.250. The molecule has 0 amide bonds. The number of rotatable bonds is 3. The number of halogens is 1. The molecule has 118 valence electrons. The monoisotopic (exact) mass is 365 g/mol. The molecule has 0 N–H and O–H groups in total. The molecule has 22 heavy (non-hydrogen) atoms. The number of nitrogens with zero attached hydrogens (tertiary/aromatic N) is 1. The first-order valence-electron chi connectivity index (χ1n) is 7.80. The van der Waals surface area contributed by atoms with Crippen LogP contribution in [-0.4, -0.2) is 19.3 Å². The van der Waals surface area contributed by atoms with E-state index in [0.717, 1.165) is 52.8 Å². The fourth-order valence-corrected chi connectivity index (χ4v) is 3.83. The zero-order valence-corrected chi connectivity index (χ0v) is 14.5. The molecule has 0 bridgehead atoms.